The zero-order chi connectivity index (χ0) is 25.8. The largest absolute Gasteiger partial charge is 0.478 e. The van der Waals surface area contributed by atoms with E-state index in [0.29, 0.717) is 28.2 Å². The van der Waals surface area contributed by atoms with E-state index in [4.69, 9.17) is 16.3 Å². The molecule has 36 heavy (non-hydrogen) atoms. The zero-order valence-electron chi connectivity index (χ0n) is 20.4. The fourth-order valence-corrected chi connectivity index (χ4v) is 4.69. The van der Waals surface area contributed by atoms with Crippen LogP contribution in [0.3, 0.4) is 0 Å². The maximum Gasteiger partial charge on any atom is 0.331 e. The molecule has 0 saturated carbocycles. The molecule has 3 atom stereocenters. The molecule has 1 unspecified atom stereocenters. The van der Waals surface area contributed by atoms with Gasteiger partial charge in [0.2, 0.25) is 0 Å². The monoisotopic (exact) mass is 516 g/mol. The smallest absolute Gasteiger partial charge is 0.331 e. The number of hydrogen-bond acceptors (Lipinski definition) is 7. The van der Waals surface area contributed by atoms with Gasteiger partial charge in [-0.1, -0.05) is 38.4 Å². The molecule has 3 aromatic heterocycles. The predicted molar refractivity (Wildman–Crippen MR) is 137 cm³/mol. The molecule has 192 valence electrons. The van der Waals surface area contributed by atoms with Gasteiger partial charge in [-0.3, -0.25) is 0 Å². The lowest BCUT2D eigenvalue weighted by molar-refractivity contribution is -0.133. The Kier molecular flexibility index (Phi) is 8.17. The van der Waals surface area contributed by atoms with Crippen LogP contribution in [0, 0.1) is 5.82 Å². The molecule has 4 N–H and O–H groups in total. The Hall–Kier alpha value is -3.08. The fraction of sp³-hybridized carbons (Fsp3) is 0.440. The Morgan fingerprint density at radius 1 is 1.31 bits per heavy atom. The Morgan fingerprint density at radius 3 is 2.78 bits per heavy atom. The van der Waals surface area contributed by atoms with E-state index < -0.39 is 23.9 Å². The minimum Gasteiger partial charge on any atom is -0.478 e. The molecule has 0 amide bonds. The number of aromatic amines is 1. The number of likely N-dealkylation sites (N-methyl/N-ethyl adjacent to an activating group) is 1. The molecule has 0 aromatic carbocycles. The summed E-state index contributed by atoms with van der Waals surface area (Å²) in [6, 6.07) is 0.854. The summed E-state index contributed by atoms with van der Waals surface area (Å²) in [6.07, 6.45) is 7.37. The van der Waals surface area contributed by atoms with Gasteiger partial charge in [-0.2, -0.15) is 0 Å². The quantitative estimate of drug-likeness (QED) is 0.309. The van der Waals surface area contributed by atoms with E-state index in [1.165, 1.54) is 6.20 Å². The molecule has 0 fully saturated rings. The highest BCUT2D eigenvalue weighted by atomic mass is 35.5. The summed E-state index contributed by atoms with van der Waals surface area (Å²) in [6.45, 7) is 6.66. The number of aromatic nitrogens is 4. The number of ether oxygens (including phenoxy) is 1. The minimum absolute atomic E-state index is 0.00496. The Labute approximate surface area is 213 Å². The molecule has 1 aliphatic carbocycles. The van der Waals surface area contributed by atoms with Crippen molar-refractivity contribution in [2.75, 3.05) is 11.9 Å². The van der Waals surface area contributed by atoms with Gasteiger partial charge in [-0.25, -0.2) is 24.1 Å². The number of fused-ring (bicyclic) bond motifs is 1. The van der Waals surface area contributed by atoms with Gasteiger partial charge in [-0.15, -0.1) is 0 Å². The summed E-state index contributed by atoms with van der Waals surface area (Å²) in [5, 5.41) is 17.4. The molecule has 0 aliphatic heterocycles. The predicted octanol–water partition coefficient (Wildman–Crippen LogP) is 4.56. The number of rotatable bonds is 10. The lowest BCUT2D eigenvalue weighted by atomic mass is 9.87. The SMILES string of the molecule is CCN[C@@H]1C(Nc2nc(-c3c[nH]c4ncc(Cl)cc34)ncc2F)C=C(C(=O)O)C[C@H]1OC(CC)CC. The lowest BCUT2D eigenvalue weighted by Crippen LogP contribution is -2.55. The van der Waals surface area contributed by atoms with Crippen molar-refractivity contribution < 1.29 is 19.0 Å². The molecular formula is C25H30ClFN6O3. The second-order valence-corrected chi connectivity index (χ2v) is 9.15. The van der Waals surface area contributed by atoms with Crippen LogP contribution < -0.4 is 10.6 Å². The first-order valence-corrected chi connectivity index (χ1v) is 12.5. The summed E-state index contributed by atoms with van der Waals surface area (Å²) in [4.78, 5) is 27.8. The van der Waals surface area contributed by atoms with Crippen LogP contribution in [0.4, 0.5) is 10.2 Å². The first kappa shape index (κ1) is 26.0. The minimum atomic E-state index is -1.03. The number of aliphatic carboxylic acids is 1. The van der Waals surface area contributed by atoms with Crippen LogP contribution in [0.2, 0.25) is 5.02 Å². The standard InChI is InChI=1S/C25H30ClFN6O3/c1-4-15(5-2)36-20-8-13(25(34)35)7-19(21(20)28-6-3)32-24-18(27)12-31-23(33-24)17-11-30-22-16(17)9-14(26)10-29-22/h7,9-12,15,19-21,28H,4-6,8H2,1-3H3,(H,29,30)(H,34,35)(H,31,32,33)/t19?,20-,21-/m1/s1. The zero-order valence-corrected chi connectivity index (χ0v) is 21.1. The molecule has 9 nitrogen and oxygen atoms in total. The van der Waals surface area contributed by atoms with Gasteiger partial charge in [0.25, 0.3) is 0 Å². The maximum absolute atomic E-state index is 14.9. The molecule has 0 spiro atoms. The second-order valence-electron chi connectivity index (χ2n) is 8.71. The number of nitrogens with zero attached hydrogens (tertiary/aromatic N) is 3. The number of anilines is 1. The van der Waals surface area contributed by atoms with E-state index in [0.717, 1.165) is 19.0 Å². The van der Waals surface area contributed by atoms with Crippen LogP contribution >= 0.6 is 11.6 Å². The number of pyridine rings is 1. The summed E-state index contributed by atoms with van der Waals surface area (Å²) in [5.74, 6) is -1.45. The molecule has 0 radical (unpaired) electrons. The molecule has 1 aliphatic rings. The Balaban J connectivity index is 1.70. The third kappa shape index (κ3) is 5.50. The Bertz CT molecular complexity index is 1260. The molecule has 0 saturated heterocycles. The molecular weight excluding hydrogens is 487 g/mol. The van der Waals surface area contributed by atoms with Crippen LogP contribution in [0.5, 0.6) is 0 Å². The highest BCUT2D eigenvalue weighted by Gasteiger charge is 2.37. The highest BCUT2D eigenvalue weighted by molar-refractivity contribution is 6.31. The van der Waals surface area contributed by atoms with E-state index >= 15 is 0 Å². The van der Waals surface area contributed by atoms with Gasteiger partial charge in [-0.05, 0) is 25.5 Å². The van der Waals surface area contributed by atoms with Gasteiger partial charge in [0.1, 0.15) is 5.65 Å². The number of halogens is 2. The van der Waals surface area contributed by atoms with Crippen molar-refractivity contribution >= 4 is 34.4 Å². The normalized spacial score (nSPS) is 20.1. The van der Waals surface area contributed by atoms with Gasteiger partial charge < -0.3 is 25.5 Å². The highest BCUT2D eigenvalue weighted by Crippen LogP contribution is 2.30. The Morgan fingerprint density at radius 2 is 2.08 bits per heavy atom. The number of carboxylic acid groups (broad SMARTS) is 1. The maximum atomic E-state index is 14.9. The molecule has 4 rings (SSSR count). The van der Waals surface area contributed by atoms with E-state index in [2.05, 4.69) is 30.6 Å². The van der Waals surface area contributed by atoms with Crippen molar-refractivity contribution in [1.29, 1.82) is 0 Å². The molecule has 3 aromatic rings. The van der Waals surface area contributed by atoms with Crippen LogP contribution in [-0.4, -0.2) is 61.8 Å². The lowest BCUT2D eigenvalue weighted by Gasteiger charge is -2.39. The number of hydrogen-bond donors (Lipinski definition) is 4. The van der Waals surface area contributed by atoms with Crippen LogP contribution in [0.1, 0.15) is 40.0 Å². The third-order valence-electron chi connectivity index (χ3n) is 6.37. The first-order chi connectivity index (χ1) is 17.3. The van der Waals surface area contributed by atoms with Gasteiger partial charge >= 0.3 is 5.97 Å². The topological polar surface area (TPSA) is 125 Å². The number of H-pyrrole nitrogens is 1. The van der Waals surface area contributed by atoms with Gasteiger partial charge in [0.05, 0.1) is 35.5 Å². The van der Waals surface area contributed by atoms with Gasteiger partial charge in [0.15, 0.2) is 17.5 Å². The average molecular weight is 517 g/mol. The van der Waals surface area contributed by atoms with E-state index in [1.807, 2.05) is 20.8 Å². The van der Waals surface area contributed by atoms with Crippen molar-refractivity contribution in [3.05, 3.63) is 47.1 Å². The number of nitrogens with one attached hydrogen (secondary N) is 3. The average Bonchev–Trinajstić information content (AvgIpc) is 3.28. The second kappa shape index (κ2) is 11.3. The summed E-state index contributed by atoms with van der Waals surface area (Å²) < 4.78 is 21.2. The van der Waals surface area contributed by atoms with Crippen LogP contribution in [0.15, 0.2) is 36.3 Å². The van der Waals surface area contributed by atoms with Crippen molar-refractivity contribution in [2.45, 2.75) is 64.3 Å². The van der Waals surface area contributed by atoms with Crippen molar-refractivity contribution in [3.63, 3.8) is 0 Å². The van der Waals surface area contributed by atoms with E-state index in [9.17, 15) is 14.3 Å². The molecule has 0 bridgehead atoms. The summed E-state index contributed by atoms with van der Waals surface area (Å²) in [5.41, 5.74) is 1.43. The van der Waals surface area contributed by atoms with E-state index in [-0.39, 0.29) is 35.8 Å². The summed E-state index contributed by atoms with van der Waals surface area (Å²) in [7, 11) is 0. The fourth-order valence-electron chi connectivity index (χ4n) is 4.53. The molecule has 3 heterocycles. The third-order valence-corrected chi connectivity index (χ3v) is 6.57. The molecule has 11 heteroatoms. The first-order valence-electron chi connectivity index (χ1n) is 12.1. The van der Waals surface area contributed by atoms with Crippen molar-refractivity contribution in [2.24, 2.45) is 0 Å². The van der Waals surface area contributed by atoms with Gasteiger partial charge in [0, 0.05) is 35.3 Å². The number of carbonyl (C=O) groups is 1. The number of carboxylic acids is 1. The van der Waals surface area contributed by atoms with Crippen molar-refractivity contribution in [1.82, 2.24) is 25.3 Å². The summed E-state index contributed by atoms with van der Waals surface area (Å²) >= 11 is 6.11. The van der Waals surface area contributed by atoms with E-state index in [1.54, 1.807) is 18.3 Å². The van der Waals surface area contributed by atoms with Crippen LogP contribution in [-0.2, 0) is 9.53 Å². The van der Waals surface area contributed by atoms with Crippen LogP contribution in [0.25, 0.3) is 22.4 Å². The van der Waals surface area contributed by atoms with Crippen molar-refractivity contribution in [3.8, 4) is 11.4 Å².